The molecule has 0 nitrogen and oxygen atoms in total. The molecule has 1 aliphatic carbocycles. The highest BCUT2D eigenvalue weighted by Crippen LogP contribution is 2.44. The van der Waals surface area contributed by atoms with E-state index in [1.807, 2.05) is 13.8 Å². The van der Waals surface area contributed by atoms with Gasteiger partial charge in [0.1, 0.15) is 0 Å². The van der Waals surface area contributed by atoms with Crippen molar-refractivity contribution in [3.8, 4) is 0 Å². The van der Waals surface area contributed by atoms with Gasteiger partial charge in [-0.1, -0.05) is 33.6 Å². The van der Waals surface area contributed by atoms with Gasteiger partial charge in [-0.25, -0.2) is 0 Å². The molecule has 0 aromatic carbocycles. The van der Waals surface area contributed by atoms with Crippen LogP contribution in [0.4, 0.5) is 0 Å². The summed E-state index contributed by atoms with van der Waals surface area (Å²) in [6.07, 6.45) is 6.05. The van der Waals surface area contributed by atoms with Crippen molar-refractivity contribution in [3.05, 3.63) is 0 Å². The summed E-state index contributed by atoms with van der Waals surface area (Å²) in [5.74, 6) is 3.60. The summed E-state index contributed by atoms with van der Waals surface area (Å²) in [5, 5.41) is 1.09. The molecule has 12 heavy (non-hydrogen) atoms. The topological polar surface area (TPSA) is 0 Å². The number of thioether (sulfide) groups is 1. The Morgan fingerprint density at radius 2 is 1.83 bits per heavy atom. The molecule has 1 aliphatic heterocycles. The van der Waals surface area contributed by atoms with Gasteiger partial charge in [0.2, 0.25) is 0 Å². The van der Waals surface area contributed by atoms with E-state index in [1.165, 1.54) is 31.4 Å². The normalized spacial score (nSPS) is 39.8. The van der Waals surface area contributed by atoms with E-state index in [-0.39, 0.29) is 0 Å². The van der Waals surface area contributed by atoms with Crippen LogP contribution in [0.2, 0.25) is 0 Å². The van der Waals surface area contributed by atoms with E-state index in [2.05, 4.69) is 18.7 Å². The maximum Gasteiger partial charge on any atom is 0.0167 e. The monoisotopic (exact) mass is 186 g/mol. The summed E-state index contributed by atoms with van der Waals surface area (Å²) in [4.78, 5) is 0. The van der Waals surface area contributed by atoms with Crippen molar-refractivity contribution in [1.29, 1.82) is 0 Å². The average Bonchev–Trinajstić information content (AvgIpc) is 2.90. The highest BCUT2D eigenvalue weighted by atomic mass is 32.2. The molecular formula is C11H22S. The summed E-state index contributed by atoms with van der Waals surface area (Å²) in [7, 11) is 0. The Hall–Kier alpha value is 0.350. The molecule has 2 rings (SSSR count). The molecule has 0 aromatic rings. The van der Waals surface area contributed by atoms with Gasteiger partial charge in [0.05, 0.1) is 0 Å². The Bertz CT molecular complexity index is 118. The van der Waals surface area contributed by atoms with Gasteiger partial charge in [-0.2, -0.15) is 11.8 Å². The molecule has 3 atom stereocenters. The summed E-state index contributed by atoms with van der Waals surface area (Å²) >= 11 is 2.18. The van der Waals surface area contributed by atoms with Gasteiger partial charge in [0.15, 0.2) is 0 Å². The van der Waals surface area contributed by atoms with Crippen molar-refractivity contribution in [2.24, 2.45) is 11.8 Å². The van der Waals surface area contributed by atoms with Crippen molar-refractivity contribution in [3.63, 3.8) is 0 Å². The molecule has 0 amide bonds. The number of hydrogen-bond donors (Lipinski definition) is 0. The zero-order chi connectivity index (χ0) is 8.97. The molecule has 0 bridgehead atoms. The summed E-state index contributed by atoms with van der Waals surface area (Å²) < 4.78 is 0. The number of rotatable bonds is 1. The number of hydrogen-bond acceptors (Lipinski definition) is 1. The summed E-state index contributed by atoms with van der Waals surface area (Å²) in [6.45, 7) is 6.42. The van der Waals surface area contributed by atoms with Gasteiger partial charge in [-0.15, -0.1) is 0 Å². The molecular weight excluding hydrogens is 164 g/mol. The first-order valence-corrected chi connectivity index (χ1v) is 6.53. The zero-order valence-electron chi connectivity index (χ0n) is 8.68. The van der Waals surface area contributed by atoms with Crippen LogP contribution < -0.4 is 0 Å². The van der Waals surface area contributed by atoms with E-state index in [0.29, 0.717) is 0 Å². The van der Waals surface area contributed by atoms with Crippen molar-refractivity contribution in [2.45, 2.75) is 51.7 Å². The first kappa shape index (κ1) is 10.4. The van der Waals surface area contributed by atoms with Gasteiger partial charge < -0.3 is 0 Å². The lowest BCUT2D eigenvalue weighted by molar-refractivity contribution is 0.290. The second kappa shape index (κ2) is 5.16. The SMILES string of the molecule is CC.CC1CCCC(C2CS2)C1. The van der Waals surface area contributed by atoms with Gasteiger partial charge in [-0.3, -0.25) is 0 Å². The Balaban J connectivity index is 0.000000336. The van der Waals surface area contributed by atoms with Crippen molar-refractivity contribution in [1.82, 2.24) is 0 Å². The maximum absolute atomic E-state index is 2.42. The van der Waals surface area contributed by atoms with E-state index in [0.717, 1.165) is 17.1 Å². The van der Waals surface area contributed by atoms with E-state index in [1.54, 1.807) is 0 Å². The van der Waals surface area contributed by atoms with Crippen LogP contribution in [-0.2, 0) is 0 Å². The van der Waals surface area contributed by atoms with E-state index in [4.69, 9.17) is 0 Å². The van der Waals surface area contributed by atoms with Crippen LogP contribution in [0.5, 0.6) is 0 Å². The fraction of sp³-hybridized carbons (Fsp3) is 1.00. The van der Waals surface area contributed by atoms with Crippen LogP contribution >= 0.6 is 11.8 Å². The summed E-state index contributed by atoms with van der Waals surface area (Å²) in [6, 6.07) is 0. The van der Waals surface area contributed by atoms with E-state index in [9.17, 15) is 0 Å². The predicted octanol–water partition coefficient (Wildman–Crippen LogP) is 3.95. The lowest BCUT2D eigenvalue weighted by Gasteiger charge is -2.25. The van der Waals surface area contributed by atoms with Crippen molar-refractivity contribution < 1.29 is 0 Å². The highest BCUT2D eigenvalue weighted by Gasteiger charge is 2.34. The lowest BCUT2D eigenvalue weighted by atomic mass is 9.81. The maximum atomic E-state index is 2.42. The first-order chi connectivity index (χ1) is 5.86. The Morgan fingerprint density at radius 1 is 1.17 bits per heavy atom. The van der Waals surface area contributed by atoms with E-state index < -0.39 is 0 Å². The third-order valence-corrected chi connectivity index (χ3v) is 3.96. The van der Waals surface area contributed by atoms with Crippen molar-refractivity contribution >= 4 is 11.8 Å². The van der Waals surface area contributed by atoms with Crippen molar-refractivity contribution in [2.75, 3.05) is 5.75 Å². The molecule has 1 heteroatoms. The van der Waals surface area contributed by atoms with Gasteiger partial charge in [-0.05, 0) is 24.7 Å². The van der Waals surface area contributed by atoms with Crippen LogP contribution in [0.3, 0.4) is 0 Å². The molecule has 1 heterocycles. The molecule has 0 radical (unpaired) electrons. The molecule has 2 fully saturated rings. The highest BCUT2D eigenvalue weighted by molar-refractivity contribution is 8.06. The fourth-order valence-electron chi connectivity index (χ4n) is 2.15. The second-order valence-electron chi connectivity index (χ2n) is 3.90. The van der Waals surface area contributed by atoms with Crippen LogP contribution in [0.15, 0.2) is 0 Å². The van der Waals surface area contributed by atoms with Crippen LogP contribution in [0.1, 0.15) is 46.5 Å². The molecule has 0 N–H and O–H groups in total. The van der Waals surface area contributed by atoms with E-state index >= 15 is 0 Å². The smallest absolute Gasteiger partial charge is 0.0167 e. The predicted molar refractivity (Wildman–Crippen MR) is 58.7 cm³/mol. The average molecular weight is 186 g/mol. The quantitative estimate of drug-likeness (QED) is 0.559. The van der Waals surface area contributed by atoms with Crippen LogP contribution in [0.25, 0.3) is 0 Å². The standard InChI is InChI=1S/C9H16S.C2H6/c1-7-3-2-4-8(5-7)9-6-10-9;1-2/h7-9H,2-6H2,1H3;1-2H3. The Morgan fingerprint density at radius 3 is 2.33 bits per heavy atom. The lowest BCUT2D eigenvalue weighted by Crippen LogP contribution is -2.17. The third kappa shape index (κ3) is 3.01. The van der Waals surface area contributed by atoms with Gasteiger partial charge in [0.25, 0.3) is 0 Å². The first-order valence-electron chi connectivity index (χ1n) is 5.48. The van der Waals surface area contributed by atoms with Gasteiger partial charge >= 0.3 is 0 Å². The molecule has 2 aliphatic rings. The molecule has 0 aromatic heterocycles. The minimum atomic E-state index is 1.03. The Labute approximate surface area is 81.5 Å². The van der Waals surface area contributed by atoms with Crippen LogP contribution in [0, 0.1) is 11.8 Å². The van der Waals surface area contributed by atoms with Gasteiger partial charge in [0, 0.05) is 11.0 Å². The molecule has 3 unspecified atom stereocenters. The summed E-state index contributed by atoms with van der Waals surface area (Å²) in [5.41, 5.74) is 0. The zero-order valence-corrected chi connectivity index (χ0v) is 9.49. The largest absolute Gasteiger partial charge is 0.156 e. The molecule has 1 saturated carbocycles. The Kier molecular flexibility index (Phi) is 4.49. The fourth-order valence-corrected chi connectivity index (χ4v) is 3.05. The second-order valence-corrected chi connectivity index (χ2v) is 5.18. The third-order valence-electron chi connectivity index (χ3n) is 2.86. The molecule has 0 spiro atoms. The molecule has 72 valence electrons. The minimum absolute atomic E-state index is 1.03. The van der Waals surface area contributed by atoms with Crippen LogP contribution in [-0.4, -0.2) is 11.0 Å². The minimum Gasteiger partial charge on any atom is -0.156 e. The molecule has 1 saturated heterocycles.